The fourth-order valence-electron chi connectivity index (χ4n) is 2.15. The molecule has 2 aromatic rings. The number of hydrazine groups is 1. The highest BCUT2D eigenvalue weighted by molar-refractivity contribution is 7.89. The molecule has 106 valence electrons. The predicted octanol–water partition coefficient (Wildman–Crippen LogP) is 1.30. The van der Waals surface area contributed by atoms with Crippen molar-refractivity contribution in [3.8, 4) is 0 Å². The summed E-state index contributed by atoms with van der Waals surface area (Å²) in [6.07, 6.45) is 1.88. The second kappa shape index (κ2) is 4.69. The molecule has 0 aliphatic heterocycles. The maximum atomic E-state index is 12.5. The fourth-order valence-corrected chi connectivity index (χ4v) is 3.60. The minimum absolute atomic E-state index is 0.151. The third-order valence-corrected chi connectivity index (χ3v) is 5.45. The van der Waals surface area contributed by atoms with E-state index in [-0.39, 0.29) is 6.04 Å². The van der Waals surface area contributed by atoms with E-state index in [4.69, 9.17) is 5.84 Å². The largest absolute Gasteiger partial charge is 0.308 e. The molecule has 1 saturated carbocycles. The topological polar surface area (TPSA) is 88.3 Å². The fraction of sp³-hybridized carbons (Fsp3) is 0.308. The molecule has 1 heterocycles. The summed E-state index contributed by atoms with van der Waals surface area (Å²) in [7, 11) is -1.78. The van der Waals surface area contributed by atoms with Crippen LogP contribution in [0.1, 0.15) is 12.8 Å². The Labute approximate surface area is 117 Å². The van der Waals surface area contributed by atoms with Crippen LogP contribution in [-0.2, 0) is 10.0 Å². The Hall–Kier alpha value is -1.70. The lowest BCUT2D eigenvalue weighted by Crippen LogP contribution is -2.28. The number of sulfonamides is 1. The zero-order valence-electron chi connectivity index (χ0n) is 11.1. The summed E-state index contributed by atoms with van der Waals surface area (Å²) in [6.45, 7) is 0. The number of benzene rings is 1. The molecular formula is C13H16N4O2S. The number of hydrogen-bond donors (Lipinski definition) is 2. The van der Waals surface area contributed by atoms with E-state index >= 15 is 0 Å². The van der Waals surface area contributed by atoms with Crippen LogP contribution in [0.5, 0.6) is 0 Å². The highest BCUT2D eigenvalue weighted by Gasteiger charge is 2.35. The molecule has 3 N–H and O–H groups in total. The number of nitrogens with two attached hydrogens (primary N) is 1. The van der Waals surface area contributed by atoms with Crippen LogP contribution in [0, 0.1) is 0 Å². The molecule has 3 rings (SSSR count). The quantitative estimate of drug-likeness (QED) is 0.655. The minimum Gasteiger partial charge on any atom is -0.308 e. The summed E-state index contributed by atoms with van der Waals surface area (Å²) in [5.74, 6) is 5.85. The molecule has 1 aliphatic carbocycles. The molecule has 20 heavy (non-hydrogen) atoms. The molecule has 0 spiro atoms. The number of anilines is 1. The first-order valence-corrected chi connectivity index (χ1v) is 7.82. The van der Waals surface area contributed by atoms with Gasteiger partial charge in [0.25, 0.3) is 0 Å². The van der Waals surface area contributed by atoms with Crippen molar-refractivity contribution in [1.29, 1.82) is 0 Å². The molecule has 0 saturated heterocycles. The third kappa shape index (κ3) is 2.24. The van der Waals surface area contributed by atoms with Crippen molar-refractivity contribution < 1.29 is 8.42 Å². The van der Waals surface area contributed by atoms with Crippen LogP contribution in [0.25, 0.3) is 10.9 Å². The molecule has 0 unspecified atom stereocenters. The molecule has 0 radical (unpaired) electrons. The van der Waals surface area contributed by atoms with E-state index in [0.29, 0.717) is 16.2 Å². The molecule has 1 aliphatic rings. The van der Waals surface area contributed by atoms with E-state index < -0.39 is 10.0 Å². The molecule has 6 nitrogen and oxygen atoms in total. The Morgan fingerprint density at radius 2 is 2.05 bits per heavy atom. The van der Waals surface area contributed by atoms with Crippen LogP contribution < -0.4 is 11.3 Å². The van der Waals surface area contributed by atoms with Crippen molar-refractivity contribution in [2.45, 2.75) is 23.8 Å². The second-order valence-corrected chi connectivity index (χ2v) is 6.95. The number of fused-ring (bicyclic) bond motifs is 1. The summed E-state index contributed by atoms with van der Waals surface area (Å²) >= 11 is 0. The Morgan fingerprint density at radius 3 is 2.70 bits per heavy atom. The van der Waals surface area contributed by atoms with E-state index in [2.05, 4.69) is 10.4 Å². The molecule has 1 aromatic heterocycles. The number of hydrogen-bond acceptors (Lipinski definition) is 5. The molecule has 0 amide bonds. The van der Waals surface area contributed by atoms with Gasteiger partial charge in [-0.3, -0.25) is 0 Å². The van der Waals surface area contributed by atoms with Crippen LogP contribution in [0.4, 0.5) is 5.82 Å². The van der Waals surface area contributed by atoms with Gasteiger partial charge in [-0.1, -0.05) is 0 Å². The average molecular weight is 292 g/mol. The van der Waals surface area contributed by atoms with E-state index in [1.54, 1.807) is 37.4 Å². The van der Waals surface area contributed by atoms with Gasteiger partial charge in [0.1, 0.15) is 5.82 Å². The number of pyridine rings is 1. The first kappa shape index (κ1) is 13.3. The Morgan fingerprint density at radius 1 is 1.30 bits per heavy atom. The summed E-state index contributed by atoms with van der Waals surface area (Å²) in [5.41, 5.74) is 3.17. The van der Waals surface area contributed by atoms with Crippen molar-refractivity contribution in [2.75, 3.05) is 12.5 Å². The average Bonchev–Trinajstić information content (AvgIpc) is 3.29. The van der Waals surface area contributed by atoms with Crippen LogP contribution in [0.15, 0.2) is 35.2 Å². The van der Waals surface area contributed by atoms with Gasteiger partial charge in [-0.2, -0.15) is 4.31 Å². The van der Waals surface area contributed by atoms with Gasteiger partial charge in [-0.05, 0) is 43.2 Å². The van der Waals surface area contributed by atoms with Gasteiger partial charge in [0.2, 0.25) is 10.0 Å². The van der Waals surface area contributed by atoms with Crippen LogP contribution >= 0.6 is 0 Å². The molecule has 1 fully saturated rings. The maximum Gasteiger partial charge on any atom is 0.243 e. The Kier molecular flexibility index (Phi) is 3.12. The van der Waals surface area contributed by atoms with Crippen molar-refractivity contribution >= 4 is 26.7 Å². The van der Waals surface area contributed by atoms with Gasteiger partial charge < -0.3 is 5.43 Å². The highest BCUT2D eigenvalue weighted by Crippen LogP contribution is 2.31. The summed E-state index contributed by atoms with van der Waals surface area (Å²) in [5, 5.41) is 0.772. The summed E-state index contributed by atoms with van der Waals surface area (Å²) < 4.78 is 26.4. The van der Waals surface area contributed by atoms with Crippen LogP contribution in [0.3, 0.4) is 0 Å². The number of aromatic nitrogens is 1. The van der Waals surface area contributed by atoms with E-state index in [1.807, 2.05) is 0 Å². The lowest BCUT2D eigenvalue weighted by Gasteiger charge is -2.16. The maximum absolute atomic E-state index is 12.5. The number of nitrogen functional groups attached to an aromatic ring is 1. The SMILES string of the molecule is CN(C1CC1)S(=O)(=O)c1ccc2nc(NN)ccc2c1. The molecular weight excluding hydrogens is 276 g/mol. The van der Waals surface area contributed by atoms with Crippen molar-refractivity contribution in [2.24, 2.45) is 5.84 Å². The van der Waals surface area contributed by atoms with E-state index in [1.165, 1.54) is 4.31 Å². The second-order valence-electron chi connectivity index (χ2n) is 4.95. The predicted molar refractivity (Wildman–Crippen MR) is 77.5 cm³/mol. The standard InChI is InChI=1S/C13H16N4O2S/c1-17(10-3-4-10)20(18,19)11-5-6-12-9(8-11)2-7-13(15-12)16-14/h2,5-8,10H,3-4,14H2,1H3,(H,15,16). The minimum atomic E-state index is -3.42. The highest BCUT2D eigenvalue weighted by atomic mass is 32.2. The van der Waals surface area contributed by atoms with E-state index in [9.17, 15) is 8.42 Å². The van der Waals surface area contributed by atoms with Crippen LogP contribution in [-0.4, -0.2) is 30.8 Å². The monoisotopic (exact) mass is 292 g/mol. The van der Waals surface area contributed by atoms with Crippen LogP contribution in [0.2, 0.25) is 0 Å². The lowest BCUT2D eigenvalue weighted by atomic mass is 10.2. The Balaban J connectivity index is 2.04. The first-order chi connectivity index (χ1) is 9.52. The third-order valence-electron chi connectivity index (χ3n) is 3.55. The number of nitrogens with one attached hydrogen (secondary N) is 1. The zero-order chi connectivity index (χ0) is 14.3. The van der Waals surface area contributed by atoms with Gasteiger partial charge in [0, 0.05) is 18.5 Å². The van der Waals surface area contributed by atoms with Gasteiger partial charge in [-0.15, -0.1) is 0 Å². The van der Waals surface area contributed by atoms with Gasteiger partial charge in [-0.25, -0.2) is 19.2 Å². The lowest BCUT2D eigenvalue weighted by molar-refractivity contribution is 0.464. The number of rotatable bonds is 4. The zero-order valence-corrected chi connectivity index (χ0v) is 11.9. The van der Waals surface area contributed by atoms with Gasteiger partial charge in [0.15, 0.2) is 0 Å². The summed E-state index contributed by atoms with van der Waals surface area (Å²) in [6, 6.07) is 8.60. The van der Waals surface area contributed by atoms with E-state index in [0.717, 1.165) is 18.2 Å². The molecule has 0 atom stereocenters. The van der Waals surface area contributed by atoms with Crippen molar-refractivity contribution in [3.63, 3.8) is 0 Å². The van der Waals surface area contributed by atoms with Crippen molar-refractivity contribution in [1.82, 2.24) is 9.29 Å². The Bertz CT molecular complexity index is 756. The van der Waals surface area contributed by atoms with Gasteiger partial charge >= 0.3 is 0 Å². The molecule has 1 aromatic carbocycles. The van der Waals surface area contributed by atoms with Crippen molar-refractivity contribution in [3.05, 3.63) is 30.3 Å². The first-order valence-electron chi connectivity index (χ1n) is 6.38. The number of nitrogens with zero attached hydrogens (tertiary/aromatic N) is 2. The van der Waals surface area contributed by atoms with Gasteiger partial charge in [0.05, 0.1) is 10.4 Å². The molecule has 7 heteroatoms. The normalized spacial score (nSPS) is 15.8. The molecule has 0 bridgehead atoms. The smallest absolute Gasteiger partial charge is 0.243 e. The summed E-state index contributed by atoms with van der Waals surface area (Å²) in [4.78, 5) is 4.57.